The van der Waals surface area contributed by atoms with Crippen molar-refractivity contribution < 1.29 is 19.1 Å². The van der Waals surface area contributed by atoms with Gasteiger partial charge in [0.1, 0.15) is 11.8 Å². The predicted molar refractivity (Wildman–Crippen MR) is 62.9 cm³/mol. The number of urea groups is 1. The molecule has 18 heavy (non-hydrogen) atoms. The first-order valence-corrected chi connectivity index (χ1v) is 5.58. The van der Waals surface area contributed by atoms with Crippen molar-refractivity contribution in [3.05, 3.63) is 17.8 Å². The molecule has 0 saturated carbocycles. The molecule has 1 aromatic rings. The average molecular weight is 255 g/mol. The fraction of sp³-hybridized carbons (Fsp3) is 0.545. The molecule has 0 saturated heterocycles. The SMILES string of the molecule is Cc1cnc(CNC(=O)N[C@@H](C(=O)O)C(C)C)o1. The molecule has 7 nitrogen and oxygen atoms in total. The van der Waals surface area contributed by atoms with Crippen molar-refractivity contribution >= 4 is 12.0 Å². The number of aliphatic carboxylic acids is 1. The van der Waals surface area contributed by atoms with Gasteiger partial charge in [0, 0.05) is 0 Å². The predicted octanol–water partition coefficient (Wildman–Crippen LogP) is 0.891. The first-order valence-electron chi connectivity index (χ1n) is 5.58. The Bertz CT molecular complexity index is 428. The Hall–Kier alpha value is -2.05. The third kappa shape index (κ3) is 4.08. The third-order valence-electron chi connectivity index (χ3n) is 2.29. The summed E-state index contributed by atoms with van der Waals surface area (Å²) in [4.78, 5) is 26.3. The summed E-state index contributed by atoms with van der Waals surface area (Å²) in [6, 6.07) is -1.48. The lowest BCUT2D eigenvalue weighted by molar-refractivity contribution is -0.140. The highest BCUT2D eigenvalue weighted by molar-refractivity contribution is 5.82. The molecule has 1 aromatic heterocycles. The van der Waals surface area contributed by atoms with Crippen LogP contribution in [0, 0.1) is 12.8 Å². The average Bonchev–Trinajstić information content (AvgIpc) is 2.68. The lowest BCUT2D eigenvalue weighted by atomic mass is 10.1. The lowest BCUT2D eigenvalue weighted by Crippen LogP contribution is -2.48. The van der Waals surface area contributed by atoms with Crippen molar-refractivity contribution in [2.75, 3.05) is 0 Å². The number of aromatic nitrogens is 1. The van der Waals surface area contributed by atoms with Crippen LogP contribution in [0.1, 0.15) is 25.5 Å². The molecule has 1 rings (SSSR count). The van der Waals surface area contributed by atoms with Gasteiger partial charge in [0.05, 0.1) is 12.7 Å². The van der Waals surface area contributed by atoms with Crippen LogP contribution in [0.15, 0.2) is 10.6 Å². The molecule has 2 amide bonds. The van der Waals surface area contributed by atoms with Gasteiger partial charge in [-0.05, 0) is 12.8 Å². The number of nitrogens with one attached hydrogen (secondary N) is 2. The smallest absolute Gasteiger partial charge is 0.326 e. The van der Waals surface area contributed by atoms with Crippen LogP contribution in [0.25, 0.3) is 0 Å². The van der Waals surface area contributed by atoms with Gasteiger partial charge in [-0.25, -0.2) is 14.6 Å². The Morgan fingerprint density at radius 1 is 1.50 bits per heavy atom. The number of hydrogen-bond acceptors (Lipinski definition) is 4. The third-order valence-corrected chi connectivity index (χ3v) is 2.29. The molecule has 100 valence electrons. The molecule has 7 heteroatoms. The van der Waals surface area contributed by atoms with Gasteiger partial charge in [-0.1, -0.05) is 13.8 Å². The van der Waals surface area contributed by atoms with Gasteiger partial charge in [0.15, 0.2) is 0 Å². The Labute approximate surface area is 105 Å². The molecule has 0 aliphatic carbocycles. The molecule has 1 atom stereocenters. The van der Waals surface area contributed by atoms with Crippen LogP contribution in [-0.4, -0.2) is 28.1 Å². The Morgan fingerprint density at radius 3 is 2.61 bits per heavy atom. The Morgan fingerprint density at radius 2 is 2.17 bits per heavy atom. The molecule has 0 spiro atoms. The standard InChI is InChI=1S/C11H17N3O4/c1-6(2)9(10(15)16)14-11(17)13-5-8-12-4-7(3)18-8/h4,6,9H,5H2,1-3H3,(H,15,16)(H2,13,14,17)/t9-/m1/s1. The zero-order valence-corrected chi connectivity index (χ0v) is 10.6. The van der Waals surface area contributed by atoms with Crippen LogP contribution in [0.5, 0.6) is 0 Å². The minimum absolute atomic E-state index is 0.115. The summed E-state index contributed by atoms with van der Waals surface area (Å²) in [7, 11) is 0. The quantitative estimate of drug-likeness (QED) is 0.724. The molecule has 1 heterocycles. The molecule has 0 fully saturated rings. The molecule has 0 aliphatic rings. The van der Waals surface area contributed by atoms with Gasteiger partial charge in [-0.15, -0.1) is 0 Å². The van der Waals surface area contributed by atoms with Gasteiger partial charge in [0.2, 0.25) is 5.89 Å². The zero-order chi connectivity index (χ0) is 13.7. The normalized spacial score (nSPS) is 12.2. The van der Waals surface area contributed by atoms with Gasteiger partial charge in [-0.3, -0.25) is 0 Å². The van der Waals surface area contributed by atoms with E-state index in [2.05, 4.69) is 15.6 Å². The summed E-state index contributed by atoms with van der Waals surface area (Å²) in [5.41, 5.74) is 0. The highest BCUT2D eigenvalue weighted by Crippen LogP contribution is 2.02. The highest BCUT2D eigenvalue weighted by atomic mass is 16.4. The van der Waals surface area contributed by atoms with Crippen LogP contribution in [0.3, 0.4) is 0 Å². The summed E-state index contributed by atoms with van der Waals surface area (Å²) in [6.45, 7) is 5.30. The number of aryl methyl sites for hydroxylation is 1. The Kier molecular flexibility index (Phi) is 4.70. The number of carbonyl (C=O) groups is 2. The summed E-state index contributed by atoms with van der Waals surface area (Å²) in [5, 5.41) is 13.8. The number of nitrogens with zero attached hydrogens (tertiary/aromatic N) is 1. The Balaban J connectivity index is 2.43. The van der Waals surface area contributed by atoms with Crippen LogP contribution < -0.4 is 10.6 Å². The maximum atomic E-state index is 11.5. The second kappa shape index (κ2) is 6.04. The summed E-state index contributed by atoms with van der Waals surface area (Å²) >= 11 is 0. The summed E-state index contributed by atoms with van der Waals surface area (Å²) in [6.07, 6.45) is 1.54. The number of amides is 2. The van der Waals surface area contributed by atoms with Crippen LogP contribution in [-0.2, 0) is 11.3 Å². The summed E-state index contributed by atoms with van der Waals surface area (Å²) in [5.74, 6) is -0.235. The van der Waals surface area contributed by atoms with Gasteiger partial charge in [0.25, 0.3) is 0 Å². The molecular formula is C11H17N3O4. The van der Waals surface area contributed by atoms with Crippen molar-refractivity contribution in [2.24, 2.45) is 5.92 Å². The lowest BCUT2D eigenvalue weighted by Gasteiger charge is -2.17. The number of rotatable bonds is 5. The number of hydrogen-bond donors (Lipinski definition) is 3. The molecule has 0 bridgehead atoms. The van der Waals surface area contributed by atoms with Crippen LogP contribution in [0.4, 0.5) is 4.79 Å². The number of carbonyl (C=O) groups excluding carboxylic acids is 1. The molecule has 0 aliphatic heterocycles. The number of carboxylic acid groups (broad SMARTS) is 1. The summed E-state index contributed by atoms with van der Waals surface area (Å²) < 4.78 is 5.16. The minimum Gasteiger partial charge on any atom is -0.480 e. The second-order valence-electron chi connectivity index (χ2n) is 4.25. The van der Waals surface area contributed by atoms with E-state index >= 15 is 0 Å². The molecule has 0 radical (unpaired) electrons. The fourth-order valence-corrected chi connectivity index (χ4v) is 1.34. The van der Waals surface area contributed by atoms with Gasteiger partial charge < -0.3 is 20.2 Å². The van der Waals surface area contributed by atoms with E-state index in [1.54, 1.807) is 27.0 Å². The molecule has 0 aromatic carbocycles. The maximum absolute atomic E-state index is 11.5. The molecule has 0 unspecified atom stereocenters. The van der Waals surface area contributed by atoms with Crippen LogP contribution in [0.2, 0.25) is 0 Å². The van der Waals surface area contributed by atoms with E-state index in [-0.39, 0.29) is 12.5 Å². The van der Waals surface area contributed by atoms with E-state index in [4.69, 9.17) is 9.52 Å². The zero-order valence-electron chi connectivity index (χ0n) is 10.6. The van der Waals surface area contributed by atoms with Crippen molar-refractivity contribution in [1.29, 1.82) is 0 Å². The van der Waals surface area contributed by atoms with Crippen LogP contribution >= 0.6 is 0 Å². The topological polar surface area (TPSA) is 104 Å². The molecular weight excluding hydrogens is 238 g/mol. The van der Waals surface area contributed by atoms with Crippen molar-refractivity contribution in [2.45, 2.75) is 33.4 Å². The van der Waals surface area contributed by atoms with E-state index in [1.165, 1.54) is 0 Å². The van der Waals surface area contributed by atoms with Crippen molar-refractivity contribution in [1.82, 2.24) is 15.6 Å². The first-order chi connectivity index (χ1) is 8.40. The van der Waals surface area contributed by atoms with E-state index in [0.29, 0.717) is 11.7 Å². The van der Waals surface area contributed by atoms with E-state index in [0.717, 1.165) is 0 Å². The van der Waals surface area contributed by atoms with Gasteiger partial charge >= 0.3 is 12.0 Å². The van der Waals surface area contributed by atoms with E-state index in [1.807, 2.05) is 0 Å². The largest absolute Gasteiger partial charge is 0.480 e. The van der Waals surface area contributed by atoms with Crippen molar-refractivity contribution in [3.8, 4) is 0 Å². The van der Waals surface area contributed by atoms with Gasteiger partial charge in [-0.2, -0.15) is 0 Å². The maximum Gasteiger partial charge on any atom is 0.326 e. The second-order valence-corrected chi connectivity index (χ2v) is 4.25. The van der Waals surface area contributed by atoms with E-state index in [9.17, 15) is 9.59 Å². The minimum atomic E-state index is -1.06. The van der Waals surface area contributed by atoms with E-state index < -0.39 is 18.0 Å². The van der Waals surface area contributed by atoms with Crippen molar-refractivity contribution in [3.63, 3.8) is 0 Å². The first kappa shape index (κ1) is 14.0. The molecule has 3 N–H and O–H groups in total. The number of carboxylic acids is 1. The monoisotopic (exact) mass is 255 g/mol. The highest BCUT2D eigenvalue weighted by Gasteiger charge is 2.23. The number of oxazole rings is 1. The fourth-order valence-electron chi connectivity index (χ4n) is 1.34.